The lowest BCUT2D eigenvalue weighted by atomic mass is 9.82. The molecule has 0 fully saturated rings. The SMILES string of the molecule is N/C=C\C=C/Cc1ccc(-c2c(CC(c3ccccc3)c3ccccc3)ccc3ccccc23)cc1. The van der Waals surface area contributed by atoms with E-state index in [-0.39, 0.29) is 5.92 Å². The summed E-state index contributed by atoms with van der Waals surface area (Å²) in [4.78, 5) is 0. The lowest BCUT2D eigenvalue weighted by molar-refractivity contribution is 0.807. The molecule has 0 spiro atoms. The number of allylic oxidation sites excluding steroid dienone is 3. The first-order valence-corrected chi connectivity index (χ1v) is 12.6. The van der Waals surface area contributed by atoms with Crippen LogP contribution in [0.25, 0.3) is 21.9 Å². The maximum Gasteiger partial charge on any atom is 0.0130 e. The fourth-order valence-electron chi connectivity index (χ4n) is 5.00. The van der Waals surface area contributed by atoms with Gasteiger partial charge in [-0.2, -0.15) is 0 Å². The van der Waals surface area contributed by atoms with Crippen LogP contribution in [0.5, 0.6) is 0 Å². The number of benzene rings is 5. The van der Waals surface area contributed by atoms with Crippen molar-refractivity contribution in [3.63, 3.8) is 0 Å². The number of fused-ring (bicyclic) bond motifs is 1. The van der Waals surface area contributed by atoms with E-state index in [0.717, 1.165) is 12.8 Å². The van der Waals surface area contributed by atoms with E-state index >= 15 is 0 Å². The van der Waals surface area contributed by atoms with E-state index in [1.165, 1.54) is 44.2 Å². The molecule has 0 aliphatic carbocycles. The third-order valence-corrected chi connectivity index (χ3v) is 6.80. The van der Waals surface area contributed by atoms with E-state index in [1.54, 1.807) is 6.20 Å². The Kier molecular flexibility index (Phi) is 7.39. The van der Waals surface area contributed by atoms with Crippen LogP contribution < -0.4 is 5.73 Å². The van der Waals surface area contributed by atoms with Crippen LogP contribution in [0.3, 0.4) is 0 Å². The van der Waals surface area contributed by atoms with Crippen molar-refractivity contribution in [2.45, 2.75) is 18.8 Å². The van der Waals surface area contributed by atoms with Crippen LogP contribution in [-0.2, 0) is 12.8 Å². The molecule has 1 heteroatoms. The quantitative estimate of drug-likeness (QED) is 0.229. The number of hydrogen-bond donors (Lipinski definition) is 1. The zero-order chi connectivity index (χ0) is 24.6. The first-order chi connectivity index (χ1) is 17.8. The fourth-order valence-corrected chi connectivity index (χ4v) is 5.00. The molecule has 5 aromatic carbocycles. The third kappa shape index (κ3) is 5.31. The van der Waals surface area contributed by atoms with Gasteiger partial charge in [0.05, 0.1) is 0 Å². The molecule has 0 radical (unpaired) electrons. The van der Waals surface area contributed by atoms with Crippen molar-refractivity contribution < 1.29 is 0 Å². The van der Waals surface area contributed by atoms with E-state index in [4.69, 9.17) is 5.73 Å². The monoisotopic (exact) mass is 465 g/mol. The van der Waals surface area contributed by atoms with Gasteiger partial charge >= 0.3 is 0 Å². The Hall–Kier alpha value is -4.36. The maximum atomic E-state index is 5.43. The second-order valence-corrected chi connectivity index (χ2v) is 9.11. The Labute approximate surface area is 214 Å². The Bertz CT molecular complexity index is 1420. The summed E-state index contributed by atoms with van der Waals surface area (Å²) in [5, 5.41) is 2.57. The second kappa shape index (κ2) is 11.4. The molecule has 0 saturated carbocycles. The van der Waals surface area contributed by atoms with Crippen LogP contribution in [0.1, 0.15) is 28.2 Å². The molecular formula is C35H31N. The molecule has 0 bridgehead atoms. The van der Waals surface area contributed by atoms with Crippen LogP contribution in [0, 0.1) is 0 Å². The normalized spacial score (nSPS) is 11.7. The molecule has 1 nitrogen and oxygen atoms in total. The topological polar surface area (TPSA) is 26.0 Å². The highest BCUT2D eigenvalue weighted by Crippen LogP contribution is 2.37. The first-order valence-electron chi connectivity index (χ1n) is 12.6. The van der Waals surface area contributed by atoms with Crippen LogP contribution in [0.2, 0.25) is 0 Å². The number of nitrogens with two attached hydrogens (primary N) is 1. The van der Waals surface area contributed by atoms with Crippen molar-refractivity contribution in [3.8, 4) is 11.1 Å². The van der Waals surface area contributed by atoms with Gasteiger partial charge in [0, 0.05) is 5.92 Å². The molecule has 5 rings (SSSR count). The van der Waals surface area contributed by atoms with E-state index < -0.39 is 0 Å². The average molecular weight is 466 g/mol. The predicted molar refractivity (Wildman–Crippen MR) is 154 cm³/mol. The lowest BCUT2D eigenvalue weighted by Gasteiger charge is -2.21. The summed E-state index contributed by atoms with van der Waals surface area (Å²) < 4.78 is 0. The highest BCUT2D eigenvalue weighted by Gasteiger charge is 2.18. The van der Waals surface area contributed by atoms with Gasteiger partial charge in [-0.15, -0.1) is 0 Å². The van der Waals surface area contributed by atoms with Crippen molar-refractivity contribution in [3.05, 3.63) is 168 Å². The molecule has 0 saturated heterocycles. The van der Waals surface area contributed by atoms with Crippen molar-refractivity contribution in [1.29, 1.82) is 0 Å². The second-order valence-electron chi connectivity index (χ2n) is 9.11. The van der Waals surface area contributed by atoms with E-state index in [2.05, 4.69) is 127 Å². The van der Waals surface area contributed by atoms with Crippen LogP contribution >= 0.6 is 0 Å². The minimum Gasteiger partial charge on any atom is -0.405 e. The summed E-state index contributed by atoms with van der Waals surface area (Å²) >= 11 is 0. The molecule has 0 atom stereocenters. The van der Waals surface area contributed by atoms with Gasteiger partial charge in [-0.1, -0.05) is 133 Å². The van der Waals surface area contributed by atoms with Crippen LogP contribution in [0.4, 0.5) is 0 Å². The van der Waals surface area contributed by atoms with Gasteiger partial charge in [-0.25, -0.2) is 0 Å². The molecular weight excluding hydrogens is 434 g/mol. The van der Waals surface area contributed by atoms with Crippen molar-refractivity contribution in [2.75, 3.05) is 0 Å². The van der Waals surface area contributed by atoms with Crippen LogP contribution in [0.15, 0.2) is 146 Å². The Morgan fingerprint density at radius 3 is 1.92 bits per heavy atom. The molecule has 0 heterocycles. The summed E-state index contributed by atoms with van der Waals surface area (Å²) in [7, 11) is 0. The molecule has 176 valence electrons. The van der Waals surface area contributed by atoms with E-state index in [1.807, 2.05) is 12.2 Å². The molecule has 0 aromatic heterocycles. The van der Waals surface area contributed by atoms with Crippen molar-refractivity contribution in [2.24, 2.45) is 5.73 Å². The fraction of sp³-hybridized carbons (Fsp3) is 0.0857. The zero-order valence-corrected chi connectivity index (χ0v) is 20.4. The van der Waals surface area contributed by atoms with E-state index in [9.17, 15) is 0 Å². The molecule has 0 unspecified atom stereocenters. The molecule has 36 heavy (non-hydrogen) atoms. The largest absolute Gasteiger partial charge is 0.405 e. The summed E-state index contributed by atoms with van der Waals surface area (Å²) in [6.07, 6.45) is 9.35. The first kappa shape index (κ1) is 23.4. The van der Waals surface area contributed by atoms with Gasteiger partial charge in [0.25, 0.3) is 0 Å². The van der Waals surface area contributed by atoms with Gasteiger partial charge in [0.2, 0.25) is 0 Å². The molecule has 0 aliphatic rings. The predicted octanol–water partition coefficient (Wildman–Crippen LogP) is 8.45. The average Bonchev–Trinajstić information content (AvgIpc) is 2.95. The number of hydrogen-bond acceptors (Lipinski definition) is 1. The van der Waals surface area contributed by atoms with Gasteiger partial charge in [-0.3, -0.25) is 0 Å². The summed E-state index contributed by atoms with van der Waals surface area (Å²) in [6, 6.07) is 44.1. The molecule has 0 amide bonds. The summed E-state index contributed by atoms with van der Waals surface area (Å²) in [6.45, 7) is 0. The highest BCUT2D eigenvalue weighted by molar-refractivity contribution is 5.98. The van der Waals surface area contributed by atoms with Crippen LogP contribution in [-0.4, -0.2) is 0 Å². The highest BCUT2D eigenvalue weighted by atomic mass is 14.5. The Morgan fingerprint density at radius 2 is 1.25 bits per heavy atom. The molecule has 0 aliphatic heterocycles. The summed E-state index contributed by atoms with van der Waals surface area (Å²) in [5.41, 5.74) is 13.4. The van der Waals surface area contributed by atoms with E-state index in [0.29, 0.717) is 0 Å². The van der Waals surface area contributed by atoms with Gasteiger partial charge in [0.15, 0.2) is 0 Å². The molecule has 5 aromatic rings. The standard InChI is InChI=1S/C35H31N/c36-25-11-3-4-12-27-19-21-31(22-20-27)35-32(24-23-30-17-9-10-18-33(30)35)26-34(28-13-5-1-6-14-28)29-15-7-2-8-16-29/h1-11,13-25,34H,12,26,36H2/b4-3-,25-11-. The van der Waals surface area contributed by atoms with Gasteiger partial charge < -0.3 is 5.73 Å². The maximum absolute atomic E-state index is 5.43. The van der Waals surface area contributed by atoms with Gasteiger partial charge in [-0.05, 0) is 69.3 Å². The number of rotatable bonds is 8. The van der Waals surface area contributed by atoms with Crippen molar-refractivity contribution >= 4 is 10.8 Å². The minimum atomic E-state index is 0.285. The Morgan fingerprint density at radius 1 is 0.611 bits per heavy atom. The Balaban J connectivity index is 1.58. The third-order valence-electron chi connectivity index (χ3n) is 6.80. The lowest BCUT2D eigenvalue weighted by Crippen LogP contribution is -2.06. The zero-order valence-electron chi connectivity index (χ0n) is 20.4. The molecule has 2 N–H and O–H groups in total. The van der Waals surface area contributed by atoms with Gasteiger partial charge in [0.1, 0.15) is 0 Å². The smallest absolute Gasteiger partial charge is 0.0130 e. The summed E-state index contributed by atoms with van der Waals surface area (Å²) in [5.74, 6) is 0.285. The minimum absolute atomic E-state index is 0.285. The van der Waals surface area contributed by atoms with Crippen molar-refractivity contribution in [1.82, 2.24) is 0 Å².